The lowest BCUT2D eigenvalue weighted by Crippen LogP contribution is -2.31. The van der Waals surface area contributed by atoms with E-state index < -0.39 is 0 Å². The second-order valence-corrected chi connectivity index (χ2v) is 14.7. The lowest BCUT2D eigenvalue weighted by molar-refractivity contribution is 0.673. The molecule has 0 fully saturated rings. The minimum atomic E-state index is 0.00899. The van der Waals surface area contributed by atoms with Crippen molar-refractivity contribution in [2.24, 2.45) is 0 Å². The molecule has 0 spiro atoms. The van der Waals surface area contributed by atoms with Crippen molar-refractivity contribution in [3.8, 4) is 11.1 Å². The Morgan fingerprint density at radius 2 is 0.929 bits per heavy atom. The molecule has 0 bridgehead atoms. The van der Waals surface area contributed by atoms with Crippen LogP contribution in [-0.4, -0.2) is 6.04 Å². The lowest BCUT2D eigenvalue weighted by atomic mass is 9.85. The molecule has 1 atom stereocenters. The van der Waals surface area contributed by atoms with Crippen molar-refractivity contribution in [3.05, 3.63) is 217 Å². The van der Waals surface area contributed by atoms with Crippen molar-refractivity contribution >= 4 is 76.8 Å². The van der Waals surface area contributed by atoms with Gasteiger partial charge < -0.3 is 9.32 Å². The Labute approximate surface area is 325 Å². The van der Waals surface area contributed by atoms with Crippen molar-refractivity contribution in [2.75, 3.05) is 4.90 Å². The molecule has 2 nitrogen and oxygen atoms in total. The molecule has 0 amide bonds. The van der Waals surface area contributed by atoms with Crippen LogP contribution < -0.4 is 4.90 Å². The van der Waals surface area contributed by atoms with Crippen molar-refractivity contribution in [2.45, 2.75) is 12.5 Å². The highest BCUT2D eigenvalue weighted by molar-refractivity contribution is 6.18. The largest absolute Gasteiger partial charge is 0.455 e. The van der Waals surface area contributed by atoms with Gasteiger partial charge in [0.05, 0.1) is 6.04 Å². The molecule has 264 valence electrons. The maximum absolute atomic E-state index is 6.95. The van der Waals surface area contributed by atoms with E-state index in [1.165, 1.54) is 54.9 Å². The molecule has 2 heteroatoms. The van der Waals surface area contributed by atoms with Crippen LogP contribution in [0.4, 0.5) is 11.4 Å². The van der Waals surface area contributed by atoms with Gasteiger partial charge in [-0.3, -0.25) is 0 Å². The second kappa shape index (κ2) is 13.3. The lowest BCUT2D eigenvalue weighted by Gasteiger charge is -2.37. The predicted octanol–water partition coefficient (Wildman–Crippen LogP) is 14.8. The normalized spacial score (nSPS) is 14.4. The van der Waals surface area contributed by atoms with E-state index in [1.807, 2.05) is 0 Å². The molecule has 1 aliphatic carbocycles. The zero-order valence-electron chi connectivity index (χ0n) is 30.8. The molecule has 9 aromatic carbocycles. The van der Waals surface area contributed by atoms with Gasteiger partial charge in [0.25, 0.3) is 0 Å². The highest BCUT2D eigenvalue weighted by Crippen LogP contribution is 2.47. The summed E-state index contributed by atoms with van der Waals surface area (Å²) in [5.41, 5.74) is 11.3. The summed E-state index contributed by atoms with van der Waals surface area (Å²) in [6.45, 7) is 0. The number of para-hydroxylation sites is 2. The number of hydrogen-bond donors (Lipinski definition) is 0. The zero-order chi connectivity index (χ0) is 37.0. The predicted molar refractivity (Wildman–Crippen MR) is 237 cm³/mol. The van der Waals surface area contributed by atoms with Gasteiger partial charge >= 0.3 is 0 Å². The molecule has 1 heterocycles. The van der Waals surface area contributed by atoms with Gasteiger partial charge in [-0.25, -0.2) is 0 Å². The fraction of sp³-hybridized carbons (Fsp3) is 0.0370. The first-order valence-corrected chi connectivity index (χ1v) is 19.5. The molecule has 1 unspecified atom stereocenters. The van der Waals surface area contributed by atoms with E-state index in [1.54, 1.807) is 0 Å². The van der Waals surface area contributed by atoms with Crippen LogP contribution in [0, 0.1) is 0 Å². The van der Waals surface area contributed by atoms with E-state index in [0.717, 1.165) is 50.6 Å². The number of allylic oxidation sites excluding steroid dienone is 2. The Morgan fingerprint density at radius 3 is 1.73 bits per heavy atom. The van der Waals surface area contributed by atoms with Gasteiger partial charge in [0.15, 0.2) is 0 Å². The number of fused-ring (bicyclic) bond motifs is 8. The third-order valence-electron chi connectivity index (χ3n) is 11.6. The minimum absolute atomic E-state index is 0.00899. The molecule has 10 aromatic rings. The Kier molecular flexibility index (Phi) is 7.67. The summed E-state index contributed by atoms with van der Waals surface area (Å²) in [5, 5.41) is 9.55. The third kappa shape index (κ3) is 5.26. The van der Waals surface area contributed by atoms with Crippen LogP contribution in [0.25, 0.3) is 76.5 Å². The van der Waals surface area contributed by atoms with Crippen LogP contribution in [0.5, 0.6) is 0 Å². The van der Waals surface area contributed by atoms with E-state index >= 15 is 0 Å². The summed E-state index contributed by atoms with van der Waals surface area (Å²) in [4.78, 5) is 2.59. The fourth-order valence-corrected chi connectivity index (χ4v) is 9.01. The molecule has 0 radical (unpaired) electrons. The molecule has 1 aromatic heterocycles. The van der Waals surface area contributed by atoms with Gasteiger partial charge in [-0.15, -0.1) is 0 Å². The van der Waals surface area contributed by atoms with Gasteiger partial charge in [-0.2, -0.15) is 0 Å². The van der Waals surface area contributed by atoms with Crippen molar-refractivity contribution in [3.63, 3.8) is 0 Å². The molecule has 1 aliphatic rings. The zero-order valence-corrected chi connectivity index (χ0v) is 30.8. The van der Waals surface area contributed by atoms with Crippen LogP contribution >= 0.6 is 0 Å². The van der Waals surface area contributed by atoms with E-state index in [2.05, 4.69) is 211 Å². The van der Waals surface area contributed by atoms with Crippen LogP contribution in [0.3, 0.4) is 0 Å². The van der Waals surface area contributed by atoms with Gasteiger partial charge in [-0.05, 0) is 68.4 Å². The summed E-state index contributed by atoms with van der Waals surface area (Å²) in [7, 11) is 0. The number of benzene rings is 9. The number of hydrogen-bond acceptors (Lipinski definition) is 2. The Bertz CT molecular complexity index is 3170. The topological polar surface area (TPSA) is 16.4 Å². The molecule has 0 saturated carbocycles. The maximum Gasteiger partial charge on any atom is 0.143 e. The monoisotopic (exact) mass is 715 g/mol. The molecule has 0 N–H and O–H groups in total. The smallest absolute Gasteiger partial charge is 0.143 e. The van der Waals surface area contributed by atoms with Crippen LogP contribution in [0.2, 0.25) is 0 Å². The SMILES string of the molecule is C1=C(c2ccccc2)C(c2ccccc2)=CC(N(c2ccccc2-c2cccc3c2oc2c4ccccc4ccc32)c2cccc3c2ccc2ccccc23)C1. The molecule has 56 heavy (non-hydrogen) atoms. The van der Waals surface area contributed by atoms with Gasteiger partial charge in [0, 0.05) is 44.0 Å². The molecule has 0 saturated heterocycles. The van der Waals surface area contributed by atoms with Gasteiger partial charge in [0.2, 0.25) is 0 Å². The molecule has 11 rings (SSSR count). The standard InChI is InChI=1S/C54H37NO/c1-3-15-36(16-4-1)42-34-31-40(35-50(42)37-17-5-2-6-18-37)55(52-28-14-24-44-41-21-9-7-19-38(41)29-32-46(44)52)51-27-12-11-23-45(51)47-25-13-26-48-49-33-30-39-20-8-10-22-43(39)53(49)56-54(47)48/h1-30,32-35,40H,31H2. The van der Waals surface area contributed by atoms with Gasteiger partial charge in [-0.1, -0.05) is 188 Å². The highest BCUT2D eigenvalue weighted by Gasteiger charge is 2.28. The first-order chi connectivity index (χ1) is 27.8. The molecular formula is C54H37NO. The molecular weight excluding hydrogens is 679 g/mol. The summed E-state index contributed by atoms with van der Waals surface area (Å²) in [5.74, 6) is 0. The van der Waals surface area contributed by atoms with Crippen molar-refractivity contribution in [1.29, 1.82) is 0 Å². The van der Waals surface area contributed by atoms with E-state index in [4.69, 9.17) is 4.42 Å². The Hall–Kier alpha value is -7.16. The number of rotatable bonds is 6. The van der Waals surface area contributed by atoms with E-state index in [0.29, 0.717) is 0 Å². The van der Waals surface area contributed by atoms with Crippen LogP contribution in [0.15, 0.2) is 211 Å². The second-order valence-electron chi connectivity index (χ2n) is 14.7. The van der Waals surface area contributed by atoms with Crippen LogP contribution in [-0.2, 0) is 0 Å². The average Bonchev–Trinajstić information content (AvgIpc) is 3.67. The number of anilines is 2. The van der Waals surface area contributed by atoms with Crippen LogP contribution in [0.1, 0.15) is 17.5 Å². The summed E-state index contributed by atoms with van der Waals surface area (Å²) in [6.07, 6.45) is 5.78. The van der Waals surface area contributed by atoms with Gasteiger partial charge in [0.1, 0.15) is 11.2 Å². The first kappa shape index (κ1) is 32.3. The molecule has 0 aliphatic heterocycles. The minimum Gasteiger partial charge on any atom is -0.455 e. The summed E-state index contributed by atoms with van der Waals surface area (Å²) in [6, 6.07) is 70.1. The first-order valence-electron chi connectivity index (χ1n) is 19.5. The van der Waals surface area contributed by atoms with E-state index in [-0.39, 0.29) is 6.04 Å². The third-order valence-corrected chi connectivity index (χ3v) is 11.6. The summed E-state index contributed by atoms with van der Waals surface area (Å²) < 4.78 is 6.95. The maximum atomic E-state index is 6.95. The number of furan rings is 1. The summed E-state index contributed by atoms with van der Waals surface area (Å²) >= 11 is 0. The quantitative estimate of drug-likeness (QED) is 0.159. The Morgan fingerprint density at radius 1 is 0.375 bits per heavy atom. The highest BCUT2D eigenvalue weighted by atomic mass is 16.3. The number of nitrogens with zero attached hydrogens (tertiary/aromatic N) is 1. The van der Waals surface area contributed by atoms with Crippen molar-refractivity contribution in [1.82, 2.24) is 0 Å². The Balaban J connectivity index is 1.17. The van der Waals surface area contributed by atoms with Crippen molar-refractivity contribution < 1.29 is 4.42 Å². The van der Waals surface area contributed by atoms with E-state index in [9.17, 15) is 0 Å². The average molecular weight is 716 g/mol. The fourth-order valence-electron chi connectivity index (χ4n) is 9.01.